The highest BCUT2D eigenvalue weighted by Gasteiger charge is 2.41. The fourth-order valence-electron chi connectivity index (χ4n) is 4.14. The molecule has 2 aliphatic rings. The van der Waals surface area contributed by atoms with Crippen LogP contribution in [0.4, 0.5) is 5.95 Å². The molecular weight excluding hydrogens is 316 g/mol. The first-order chi connectivity index (χ1) is 12.3. The van der Waals surface area contributed by atoms with Crippen LogP contribution in [0.3, 0.4) is 0 Å². The van der Waals surface area contributed by atoms with Gasteiger partial charge in [-0.1, -0.05) is 0 Å². The summed E-state index contributed by atoms with van der Waals surface area (Å²) in [6.07, 6.45) is 12.6. The standard InChI is InChI=1S/C18H22N6O/c25-16(15-10-19-14-20-11-15)23-8-1-4-18(12-23)5-2-9-24(13-18)17-21-6-3-7-22-17/h3,6-7,10-11,14H,1-2,4-5,8-9,12-13H2. The molecule has 2 aromatic rings. The van der Waals surface area contributed by atoms with Crippen molar-refractivity contribution in [1.82, 2.24) is 24.8 Å². The average Bonchev–Trinajstić information content (AvgIpc) is 2.69. The van der Waals surface area contributed by atoms with E-state index in [2.05, 4.69) is 24.8 Å². The molecule has 0 saturated carbocycles. The van der Waals surface area contributed by atoms with Gasteiger partial charge in [0, 0.05) is 56.4 Å². The number of anilines is 1. The third-order valence-corrected chi connectivity index (χ3v) is 5.25. The summed E-state index contributed by atoms with van der Waals surface area (Å²) in [7, 11) is 0. The van der Waals surface area contributed by atoms with Gasteiger partial charge in [0.1, 0.15) is 6.33 Å². The monoisotopic (exact) mass is 338 g/mol. The second-order valence-electron chi connectivity index (χ2n) is 7.03. The number of rotatable bonds is 2. The molecule has 0 aromatic carbocycles. The smallest absolute Gasteiger partial charge is 0.257 e. The van der Waals surface area contributed by atoms with Gasteiger partial charge in [0.25, 0.3) is 5.91 Å². The van der Waals surface area contributed by atoms with E-state index < -0.39 is 0 Å². The van der Waals surface area contributed by atoms with Crippen LogP contribution in [0.25, 0.3) is 0 Å². The average molecular weight is 338 g/mol. The van der Waals surface area contributed by atoms with Gasteiger partial charge in [-0.2, -0.15) is 0 Å². The number of piperidine rings is 2. The van der Waals surface area contributed by atoms with E-state index in [1.54, 1.807) is 24.8 Å². The zero-order chi connectivity index (χ0) is 17.1. The van der Waals surface area contributed by atoms with Gasteiger partial charge in [0.05, 0.1) is 5.56 Å². The second-order valence-corrected chi connectivity index (χ2v) is 7.03. The molecule has 0 radical (unpaired) electrons. The van der Waals surface area contributed by atoms with Crippen molar-refractivity contribution in [3.63, 3.8) is 0 Å². The molecule has 7 nitrogen and oxygen atoms in total. The molecule has 130 valence electrons. The molecule has 1 atom stereocenters. The van der Waals surface area contributed by atoms with Crippen LogP contribution in [-0.2, 0) is 0 Å². The zero-order valence-electron chi connectivity index (χ0n) is 14.2. The number of amides is 1. The number of likely N-dealkylation sites (tertiary alicyclic amines) is 1. The van der Waals surface area contributed by atoms with E-state index in [0.29, 0.717) is 5.56 Å². The van der Waals surface area contributed by atoms with Crippen LogP contribution in [0.2, 0.25) is 0 Å². The topological polar surface area (TPSA) is 75.1 Å². The normalized spacial score (nSPS) is 23.7. The molecule has 2 saturated heterocycles. The number of hydrogen-bond donors (Lipinski definition) is 0. The molecule has 0 N–H and O–H groups in total. The molecule has 4 rings (SSSR count). The number of nitrogens with zero attached hydrogens (tertiary/aromatic N) is 6. The van der Waals surface area contributed by atoms with Crippen LogP contribution in [0.15, 0.2) is 37.2 Å². The van der Waals surface area contributed by atoms with Crippen LogP contribution in [-0.4, -0.2) is 56.9 Å². The van der Waals surface area contributed by atoms with Crippen molar-refractivity contribution in [2.24, 2.45) is 5.41 Å². The summed E-state index contributed by atoms with van der Waals surface area (Å²) in [6.45, 7) is 3.47. The molecule has 0 bridgehead atoms. The van der Waals surface area contributed by atoms with Gasteiger partial charge in [-0.25, -0.2) is 19.9 Å². The molecule has 0 aliphatic carbocycles. The minimum atomic E-state index is 0.0350. The highest BCUT2D eigenvalue weighted by atomic mass is 16.2. The Morgan fingerprint density at radius 3 is 2.48 bits per heavy atom. The lowest BCUT2D eigenvalue weighted by Crippen LogP contribution is -2.54. The molecule has 7 heteroatoms. The SMILES string of the molecule is O=C(c1cncnc1)N1CCCC2(CCCN(c3ncccn3)C2)C1. The highest BCUT2D eigenvalue weighted by Crippen LogP contribution is 2.39. The minimum absolute atomic E-state index is 0.0350. The van der Waals surface area contributed by atoms with Crippen LogP contribution < -0.4 is 4.90 Å². The van der Waals surface area contributed by atoms with E-state index in [1.165, 1.54) is 6.33 Å². The first-order valence-corrected chi connectivity index (χ1v) is 8.82. The van der Waals surface area contributed by atoms with E-state index in [9.17, 15) is 4.79 Å². The zero-order valence-corrected chi connectivity index (χ0v) is 14.2. The van der Waals surface area contributed by atoms with E-state index in [-0.39, 0.29) is 11.3 Å². The van der Waals surface area contributed by atoms with Crippen LogP contribution in [0.5, 0.6) is 0 Å². The summed E-state index contributed by atoms with van der Waals surface area (Å²) in [5, 5.41) is 0. The summed E-state index contributed by atoms with van der Waals surface area (Å²) in [4.78, 5) is 33.8. The number of hydrogen-bond acceptors (Lipinski definition) is 6. The summed E-state index contributed by atoms with van der Waals surface area (Å²) in [5.41, 5.74) is 0.694. The van der Waals surface area contributed by atoms with Gasteiger partial charge < -0.3 is 9.80 Å². The molecule has 25 heavy (non-hydrogen) atoms. The number of aromatic nitrogens is 4. The van der Waals surface area contributed by atoms with Crippen LogP contribution >= 0.6 is 0 Å². The summed E-state index contributed by atoms with van der Waals surface area (Å²) >= 11 is 0. The maximum atomic E-state index is 12.8. The van der Waals surface area contributed by atoms with E-state index in [4.69, 9.17) is 0 Å². The molecule has 2 fully saturated rings. The van der Waals surface area contributed by atoms with Gasteiger partial charge in [-0.05, 0) is 31.7 Å². The van der Waals surface area contributed by atoms with Crippen molar-refractivity contribution in [2.75, 3.05) is 31.1 Å². The van der Waals surface area contributed by atoms with Crippen molar-refractivity contribution in [2.45, 2.75) is 25.7 Å². The van der Waals surface area contributed by atoms with Crippen molar-refractivity contribution in [1.29, 1.82) is 0 Å². The van der Waals surface area contributed by atoms with Gasteiger partial charge in [0.2, 0.25) is 5.95 Å². The third-order valence-electron chi connectivity index (χ3n) is 5.25. The molecule has 1 amide bonds. The van der Waals surface area contributed by atoms with Crippen LogP contribution in [0, 0.1) is 5.41 Å². The second kappa shape index (κ2) is 6.74. The van der Waals surface area contributed by atoms with Gasteiger partial charge in [-0.15, -0.1) is 0 Å². The van der Waals surface area contributed by atoms with Crippen LogP contribution in [0.1, 0.15) is 36.0 Å². The fraction of sp³-hybridized carbons (Fsp3) is 0.500. The molecule has 1 unspecified atom stereocenters. The third kappa shape index (κ3) is 3.31. The van der Waals surface area contributed by atoms with E-state index in [1.807, 2.05) is 11.0 Å². The van der Waals surface area contributed by atoms with E-state index >= 15 is 0 Å². The Morgan fingerprint density at radius 1 is 1.00 bits per heavy atom. The molecule has 4 heterocycles. The summed E-state index contributed by atoms with van der Waals surface area (Å²) in [6, 6.07) is 1.84. The lowest BCUT2D eigenvalue weighted by Gasteiger charge is -2.48. The number of carbonyl (C=O) groups excluding carboxylic acids is 1. The fourth-order valence-corrected chi connectivity index (χ4v) is 4.14. The van der Waals surface area contributed by atoms with Crippen molar-refractivity contribution in [3.05, 3.63) is 42.7 Å². The first-order valence-electron chi connectivity index (χ1n) is 8.82. The number of carbonyl (C=O) groups is 1. The Kier molecular flexibility index (Phi) is 4.29. The molecule has 1 spiro atoms. The van der Waals surface area contributed by atoms with Gasteiger partial charge >= 0.3 is 0 Å². The highest BCUT2D eigenvalue weighted by molar-refractivity contribution is 5.93. The first kappa shape index (κ1) is 15.9. The Labute approximate surface area is 147 Å². The predicted octanol–water partition coefficient (Wildman–Crippen LogP) is 1.79. The maximum absolute atomic E-state index is 12.8. The summed E-state index contributed by atoms with van der Waals surface area (Å²) in [5.74, 6) is 0.828. The van der Waals surface area contributed by atoms with E-state index in [0.717, 1.165) is 57.8 Å². The Bertz CT molecular complexity index is 721. The lowest BCUT2D eigenvalue weighted by atomic mass is 9.73. The van der Waals surface area contributed by atoms with Crippen molar-refractivity contribution < 1.29 is 4.79 Å². The van der Waals surface area contributed by atoms with Crippen molar-refractivity contribution in [3.8, 4) is 0 Å². The minimum Gasteiger partial charge on any atom is -0.340 e. The van der Waals surface area contributed by atoms with Gasteiger partial charge in [-0.3, -0.25) is 4.79 Å². The van der Waals surface area contributed by atoms with Gasteiger partial charge in [0.15, 0.2) is 0 Å². The molecule has 2 aliphatic heterocycles. The lowest BCUT2D eigenvalue weighted by molar-refractivity contribution is 0.0464. The molecule has 2 aromatic heterocycles. The largest absolute Gasteiger partial charge is 0.340 e. The molecular formula is C18H22N6O. The Balaban J connectivity index is 1.51. The maximum Gasteiger partial charge on any atom is 0.257 e. The van der Waals surface area contributed by atoms with Crippen molar-refractivity contribution >= 4 is 11.9 Å². The predicted molar refractivity (Wildman–Crippen MR) is 93.1 cm³/mol. The quantitative estimate of drug-likeness (QED) is 0.831. The Hall–Kier alpha value is -2.57. The Morgan fingerprint density at radius 2 is 1.72 bits per heavy atom. The summed E-state index contributed by atoms with van der Waals surface area (Å²) < 4.78 is 0.